The Balaban J connectivity index is 1.83. The normalized spacial score (nSPS) is 16.6. The highest BCUT2D eigenvalue weighted by Crippen LogP contribution is 2.18. The van der Waals surface area contributed by atoms with Crippen LogP contribution in [0.5, 0.6) is 0 Å². The Hall–Kier alpha value is -1.56. The zero-order chi connectivity index (χ0) is 15.9. The lowest BCUT2D eigenvalue weighted by Crippen LogP contribution is -2.40. The number of rotatable bonds is 8. The van der Waals surface area contributed by atoms with E-state index in [0.717, 1.165) is 31.3 Å². The molecule has 2 N–H and O–H groups in total. The molecule has 0 saturated heterocycles. The lowest BCUT2D eigenvalue weighted by Gasteiger charge is -2.14. The summed E-state index contributed by atoms with van der Waals surface area (Å²) in [5.41, 5.74) is 2.29. The van der Waals surface area contributed by atoms with Gasteiger partial charge in [0.2, 0.25) is 0 Å². The van der Waals surface area contributed by atoms with E-state index in [2.05, 4.69) is 40.3 Å². The summed E-state index contributed by atoms with van der Waals surface area (Å²) in [6.45, 7) is 9.49. The largest absolute Gasteiger partial charge is 0.383 e. The number of aryl methyl sites for hydroxylation is 2. The minimum Gasteiger partial charge on any atom is -0.383 e. The molecular formula is C16H29N5O. The van der Waals surface area contributed by atoms with Crippen molar-refractivity contribution in [2.75, 3.05) is 26.8 Å². The van der Waals surface area contributed by atoms with E-state index in [4.69, 9.17) is 9.73 Å². The average Bonchev–Trinajstić information content (AvgIpc) is 3.22. The first-order chi connectivity index (χ1) is 10.6. The number of aromatic nitrogens is 2. The van der Waals surface area contributed by atoms with Crippen LogP contribution in [0.2, 0.25) is 0 Å². The van der Waals surface area contributed by atoms with Gasteiger partial charge in [0, 0.05) is 38.5 Å². The molecule has 0 amide bonds. The quantitative estimate of drug-likeness (QED) is 0.434. The fraction of sp³-hybridized carbons (Fsp3) is 0.750. The van der Waals surface area contributed by atoms with E-state index < -0.39 is 0 Å². The SMILES string of the molecule is COCCNC(=NC[C@@H](C)Cn1nc(C)cc1C)NC1CC1. The molecule has 22 heavy (non-hydrogen) atoms. The number of aliphatic imine (C=N–C) groups is 1. The van der Waals surface area contributed by atoms with Crippen molar-refractivity contribution in [2.24, 2.45) is 10.9 Å². The first-order valence-electron chi connectivity index (χ1n) is 8.13. The van der Waals surface area contributed by atoms with Gasteiger partial charge < -0.3 is 15.4 Å². The monoisotopic (exact) mass is 307 g/mol. The lowest BCUT2D eigenvalue weighted by molar-refractivity contribution is 0.203. The van der Waals surface area contributed by atoms with Gasteiger partial charge in [-0.1, -0.05) is 6.92 Å². The zero-order valence-electron chi connectivity index (χ0n) is 14.2. The molecule has 0 unspecified atom stereocenters. The van der Waals surface area contributed by atoms with Crippen molar-refractivity contribution in [1.82, 2.24) is 20.4 Å². The van der Waals surface area contributed by atoms with E-state index >= 15 is 0 Å². The van der Waals surface area contributed by atoms with Crippen LogP contribution in [0.3, 0.4) is 0 Å². The Morgan fingerprint density at radius 3 is 2.86 bits per heavy atom. The average molecular weight is 307 g/mol. The summed E-state index contributed by atoms with van der Waals surface area (Å²) in [5.74, 6) is 1.35. The molecule has 1 aromatic rings. The van der Waals surface area contributed by atoms with Crippen LogP contribution < -0.4 is 10.6 Å². The molecule has 1 aliphatic rings. The van der Waals surface area contributed by atoms with Crippen molar-refractivity contribution in [3.8, 4) is 0 Å². The molecule has 1 aromatic heterocycles. The van der Waals surface area contributed by atoms with Gasteiger partial charge in [0.25, 0.3) is 0 Å². The highest BCUT2D eigenvalue weighted by molar-refractivity contribution is 5.80. The van der Waals surface area contributed by atoms with Crippen molar-refractivity contribution in [1.29, 1.82) is 0 Å². The van der Waals surface area contributed by atoms with Crippen LogP contribution in [0, 0.1) is 19.8 Å². The van der Waals surface area contributed by atoms with Gasteiger partial charge in [-0.05, 0) is 38.7 Å². The zero-order valence-corrected chi connectivity index (χ0v) is 14.2. The molecule has 0 bridgehead atoms. The number of methoxy groups -OCH3 is 1. The minimum absolute atomic E-state index is 0.443. The summed E-state index contributed by atoms with van der Waals surface area (Å²) in [4.78, 5) is 4.71. The Bertz CT molecular complexity index is 493. The molecule has 1 heterocycles. The van der Waals surface area contributed by atoms with Gasteiger partial charge in [-0.25, -0.2) is 0 Å². The molecule has 1 fully saturated rings. The molecule has 6 heteroatoms. The number of nitrogens with zero attached hydrogens (tertiary/aromatic N) is 3. The van der Waals surface area contributed by atoms with E-state index in [1.165, 1.54) is 18.5 Å². The Morgan fingerprint density at radius 2 is 2.27 bits per heavy atom. The molecule has 1 atom stereocenters. The molecule has 2 rings (SSSR count). The molecule has 1 saturated carbocycles. The molecule has 124 valence electrons. The minimum atomic E-state index is 0.443. The molecule has 6 nitrogen and oxygen atoms in total. The van der Waals surface area contributed by atoms with Crippen molar-refractivity contribution in [3.63, 3.8) is 0 Å². The third-order valence-electron chi connectivity index (χ3n) is 3.67. The van der Waals surface area contributed by atoms with Crippen molar-refractivity contribution >= 4 is 5.96 Å². The van der Waals surface area contributed by atoms with Gasteiger partial charge in [0.05, 0.1) is 12.3 Å². The van der Waals surface area contributed by atoms with E-state index in [0.29, 0.717) is 18.6 Å². The summed E-state index contributed by atoms with van der Waals surface area (Å²) in [7, 11) is 1.71. The molecule has 1 aliphatic carbocycles. The van der Waals surface area contributed by atoms with E-state index in [9.17, 15) is 0 Å². The summed E-state index contributed by atoms with van der Waals surface area (Å²) in [6, 6.07) is 2.71. The van der Waals surface area contributed by atoms with Gasteiger partial charge in [0.15, 0.2) is 5.96 Å². The highest BCUT2D eigenvalue weighted by atomic mass is 16.5. The van der Waals surface area contributed by atoms with Crippen LogP contribution in [0.15, 0.2) is 11.1 Å². The van der Waals surface area contributed by atoms with Crippen LogP contribution in [-0.2, 0) is 11.3 Å². The lowest BCUT2D eigenvalue weighted by atomic mass is 10.2. The molecule has 0 aliphatic heterocycles. The number of hydrogen-bond acceptors (Lipinski definition) is 3. The maximum atomic E-state index is 5.08. The number of hydrogen-bond donors (Lipinski definition) is 2. The highest BCUT2D eigenvalue weighted by Gasteiger charge is 2.22. The Morgan fingerprint density at radius 1 is 1.50 bits per heavy atom. The fourth-order valence-corrected chi connectivity index (χ4v) is 2.30. The maximum absolute atomic E-state index is 5.08. The molecular weight excluding hydrogens is 278 g/mol. The second-order valence-electron chi connectivity index (χ2n) is 6.24. The smallest absolute Gasteiger partial charge is 0.191 e. The Kier molecular flexibility index (Phi) is 6.24. The van der Waals surface area contributed by atoms with E-state index in [1.54, 1.807) is 7.11 Å². The third kappa shape index (κ3) is 5.67. The third-order valence-corrected chi connectivity index (χ3v) is 3.67. The number of ether oxygens (including phenoxy) is 1. The molecule has 0 radical (unpaired) electrons. The predicted molar refractivity (Wildman–Crippen MR) is 89.2 cm³/mol. The predicted octanol–water partition coefficient (Wildman–Crippen LogP) is 1.48. The van der Waals surface area contributed by atoms with Crippen LogP contribution in [0.4, 0.5) is 0 Å². The van der Waals surface area contributed by atoms with Crippen LogP contribution >= 0.6 is 0 Å². The maximum Gasteiger partial charge on any atom is 0.191 e. The second-order valence-corrected chi connectivity index (χ2v) is 6.24. The van der Waals surface area contributed by atoms with Crippen molar-refractivity contribution in [3.05, 3.63) is 17.5 Å². The summed E-state index contributed by atoms with van der Waals surface area (Å²) < 4.78 is 7.15. The Labute approximate surface area is 133 Å². The number of guanidine groups is 1. The fourth-order valence-electron chi connectivity index (χ4n) is 2.30. The number of nitrogens with one attached hydrogen (secondary N) is 2. The van der Waals surface area contributed by atoms with Crippen LogP contribution in [0.25, 0.3) is 0 Å². The topological polar surface area (TPSA) is 63.5 Å². The standard InChI is InChI=1S/C16H29N5O/c1-12(11-21-14(3)9-13(2)20-21)10-18-16(17-7-8-22-4)19-15-5-6-15/h9,12,15H,5-8,10-11H2,1-4H3,(H2,17,18,19)/t12-/m1/s1. The molecule has 0 spiro atoms. The summed E-state index contributed by atoms with van der Waals surface area (Å²) in [5, 5.41) is 11.3. The van der Waals surface area contributed by atoms with E-state index in [1.807, 2.05) is 6.92 Å². The van der Waals surface area contributed by atoms with Gasteiger partial charge >= 0.3 is 0 Å². The van der Waals surface area contributed by atoms with Gasteiger partial charge in [-0.2, -0.15) is 5.10 Å². The summed E-state index contributed by atoms with van der Waals surface area (Å²) in [6.07, 6.45) is 2.48. The summed E-state index contributed by atoms with van der Waals surface area (Å²) >= 11 is 0. The second kappa shape index (κ2) is 8.17. The van der Waals surface area contributed by atoms with Gasteiger partial charge in [-0.3, -0.25) is 9.67 Å². The van der Waals surface area contributed by atoms with Crippen LogP contribution in [0.1, 0.15) is 31.2 Å². The van der Waals surface area contributed by atoms with Crippen molar-refractivity contribution < 1.29 is 4.74 Å². The first-order valence-corrected chi connectivity index (χ1v) is 8.13. The van der Waals surface area contributed by atoms with Crippen molar-refractivity contribution in [2.45, 2.75) is 46.2 Å². The van der Waals surface area contributed by atoms with Gasteiger partial charge in [0.1, 0.15) is 0 Å². The van der Waals surface area contributed by atoms with E-state index in [-0.39, 0.29) is 0 Å². The first kappa shape index (κ1) is 16.8. The molecule has 0 aromatic carbocycles. The van der Waals surface area contributed by atoms with Gasteiger partial charge in [-0.15, -0.1) is 0 Å². The van der Waals surface area contributed by atoms with Crippen LogP contribution in [-0.4, -0.2) is 48.6 Å².